The fraction of sp³-hybridized carbons (Fsp3) is 0.375. The summed E-state index contributed by atoms with van der Waals surface area (Å²) in [5.41, 5.74) is 1.81. The van der Waals surface area contributed by atoms with E-state index < -0.39 is 17.8 Å². The van der Waals surface area contributed by atoms with Crippen molar-refractivity contribution in [2.24, 2.45) is 4.99 Å². The van der Waals surface area contributed by atoms with Crippen LogP contribution in [0.25, 0.3) is 0 Å². The minimum absolute atomic E-state index is 0.190. The Morgan fingerprint density at radius 2 is 2.09 bits per heavy atom. The van der Waals surface area contributed by atoms with Crippen molar-refractivity contribution in [1.82, 2.24) is 9.88 Å². The molecule has 0 saturated carbocycles. The molecule has 0 unspecified atom stereocenters. The highest BCUT2D eigenvalue weighted by Crippen LogP contribution is 2.24. The predicted octanol–water partition coefficient (Wildman–Crippen LogP) is 2.47. The van der Waals surface area contributed by atoms with Crippen LogP contribution in [0, 0.1) is 11.2 Å². The third-order valence-corrected chi connectivity index (χ3v) is 5.69. The molecule has 33 heavy (non-hydrogen) atoms. The number of nitrogens with one attached hydrogen (secondary N) is 2. The van der Waals surface area contributed by atoms with Crippen LogP contribution in [-0.2, 0) is 29.0 Å². The number of aryl methyl sites for hydroxylation is 3. The lowest BCUT2D eigenvalue weighted by Crippen LogP contribution is -2.48. The minimum atomic E-state index is -0.823. The molecule has 0 radical (unpaired) electrons. The van der Waals surface area contributed by atoms with E-state index in [1.54, 1.807) is 36.0 Å². The fourth-order valence-corrected chi connectivity index (χ4v) is 3.80. The van der Waals surface area contributed by atoms with Gasteiger partial charge in [-0.2, -0.15) is 0 Å². The molecule has 2 aromatic rings. The van der Waals surface area contributed by atoms with Gasteiger partial charge in [-0.25, -0.2) is 9.38 Å². The third-order valence-electron chi connectivity index (χ3n) is 5.69. The van der Waals surface area contributed by atoms with E-state index in [1.165, 1.54) is 23.2 Å². The van der Waals surface area contributed by atoms with Gasteiger partial charge in [0.2, 0.25) is 11.7 Å². The van der Waals surface area contributed by atoms with E-state index in [2.05, 4.69) is 10.3 Å². The van der Waals surface area contributed by atoms with Crippen molar-refractivity contribution in [2.45, 2.75) is 51.6 Å². The van der Waals surface area contributed by atoms with E-state index in [-0.39, 0.29) is 17.3 Å². The van der Waals surface area contributed by atoms with E-state index >= 15 is 0 Å². The summed E-state index contributed by atoms with van der Waals surface area (Å²) >= 11 is 0. The number of amides is 2. The van der Waals surface area contributed by atoms with Gasteiger partial charge in [-0.3, -0.25) is 19.8 Å². The van der Waals surface area contributed by atoms with Crippen molar-refractivity contribution in [3.8, 4) is 0 Å². The number of aromatic nitrogens is 1. The Kier molecular flexibility index (Phi) is 7.87. The minimum Gasteiger partial charge on any atom is -0.338 e. The lowest BCUT2D eigenvalue weighted by molar-refractivity contribution is -0.124. The van der Waals surface area contributed by atoms with Crippen LogP contribution >= 0.6 is 0 Å². The number of unbranched alkanes of at least 4 members (excludes halogenated alkanes) is 1. The average molecular weight is 454 g/mol. The zero-order valence-corrected chi connectivity index (χ0v) is 18.8. The molecule has 2 N–H and O–H groups in total. The second-order valence-electron chi connectivity index (χ2n) is 7.91. The average Bonchev–Trinajstić information content (AvgIpc) is 2.91. The summed E-state index contributed by atoms with van der Waals surface area (Å²) in [7, 11) is 1.57. The summed E-state index contributed by atoms with van der Waals surface area (Å²) in [5, 5.41) is 10.5. The second kappa shape index (κ2) is 10.8. The van der Waals surface area contributed by atoms with Gasteiger partial charge in [-0.05, 0) is 56.2 Å². The Labute approximate surface area is 191 Å². The molecular formula is C24H28FN5O3. The van der Waals surface area contributed by atoms with Crippen molar-refractivity contribution >= 4 is 29.6 Å². The molecule has 0 spiro atoms. The van der Waals surface area contributed by atoms with Gasteiger partial charge in [0, 0.05) is 32.1 Å². The summed E-state index contributed by atoms with van der Waals surface area (Å²) in [4.78, 5) is 42.7. The van der Waals surface area contributed by atoms with Crippen LogP contribution in [0.2, 0.25) is 0 Å². The van der Waals surface area contributed by atoms with Gasteiger partial charge in [0.1, 0.15) is 11.9 Å². The zero-order valence-electron chi connectivity index (χ0n) is 18.8. The van der Waals surface area contributed by atoms with Crippen LogP contribution in [0.5, 0.6) is 0 Å². The van der Waals surface area contributed by atoms with Crippen LogP contribution in [-0.4, -0.2) is 41.5 Å². The van der Waals surface area contributed by atoms with E-state index in [9.17, 15) is 18.8 Å². The molecule has 1 aliphatic heterocycles. The molecule has 0 bridgehead atoms. The summed E-state index contributed by atoms with van der Waals surface area (Å²) in [6, 6.07) is 7.16. The fourth-order valence-electron chi connectivity index (χ4n) is 3.80. The van der Waals surface area contributed by atoms with Crippen molar-refractivity contribution in [3.63, 3.8) is 0 Å². The molecule has 0 aliphatic carbocycles. The Hall–Kier alpha value is -3.62. The molecule has 2 amide bonds. The van der Waals surface area contributed by atoms with Crippen molar-refractivity contribution < 1.29 is 14.0 Å². The van der Waals surface area contributed by atoms with Gasteiger partial charge in [0.05, 0.1) is 5.69 Å². The highest BCUT2D eigenvalue weighted by molar-refractivity contribution is 6.38. The van der Waals surface area contributed by atoms with Gasteiger partial charge in [-0.1, -0.05) is 18.2 Å². The van der Waals surface area contributed by atoms with E-state index in [0.29, 0.717) is 49.9 Å². The number of benzene rings is 1. The summed E-state index contributed by atoms with van der Waals surface area (Å²) in [5.74, 6) is -1.84. The topological polar surface area (TPSA) is 108 Å². The van der Waals surface area contributed by atoms with Crippen LogP contribution in [0.4, 0.5) is 10.1 Å². The molecule has 0 saturated heterocycles. The zero-order chi connectivity index (χ0) is 24.0. The summed E-state index contributed by atoms with van der Waals surface area (Å²) in [6.45, 7) is 2.40. The van der Waals surface area contributed by atoms with E-state index in [4.69, 9.17) is 5.41 Å². The SMILES string of the molecule is CCn1cc2c(cc1=O)N(C)C(=O)[C@@H](NC(=O)C(=N)N=CCCCc1ccccc1F)CC2. The summed E-state index contributed by atoms with van der Waals surface area (Å²) < 4.78 is 15.2. The Morgan fingerprint density at radius 3 is 2.82 bits per heavy atom. The third kappa shape index (κ3) is 5.79. The molecule has 1 atom stereocenters. The van der Waals surface area contributed by atoms with Gasteiger partial charge in [0.25, 0.3) is 11.5 Å². The van der Waals surface area contributed by atoms with Crippen LogP contribution in [0.15, 0.2) is 46.3 Å². The molecule has 174 valence electrons. The molecule has 0 fully saturated rings. The molecule has 1 aliphatic rings. The number of anilines is 1. The maximum absolute atomic E-state index is 13.6. The summed E-state index contributed by atoms with van der Waals surface area (Å²) in [6.07, 6.45) is 5.71. The van der Waals surface area contributed by atoms with Crippen molar-refractivity contribution in [3.05, 3.63) is 63.8 Å². The number of pyridine rings is 1. The number of carbonyl (C=O) groups is 2. The van der Waals surface area contributed by atoms with Crippen LogP contribution < -0.4 is 15.8 Å². The molecule has 8 nitrogen and oxygen atoms in total. The number of hydrogen-bond donors (Lipinski definition) is 2. The van der Waals surface area contributed by atoms with E-state index in [0.717, 1.165) is 5.56 Å². The van der Waals surface area contributed by atoms with Crippen molar-refractivity contribution in [2.75, 3.05) is 11.9 Å². The quantitative estimate of drug-likeness (QED) is 0.399. The highest BCUT2D eigenvalue weighted by atomic mass is 19.1. The normalized spacial score (nSPS) is 15.9. The number of rotatable bonds is 6. The van der Waals surface area contributed by atoms with Gasteiger partial charge < -0.3 is 14.8 Å². The largest absolute Gasteiger partial charge is 0.338 e. The number of likely N-dealkylation sites (N-methyl/N-ethyl adjacent to an activating group) is 1. The first-order valence-corrected chi connectivity index (χ1v) is 11.0. The Bertz CT molecular complexity index is 1140. The predicted molar refractivity (Wildman–Crippen MR) is 126 cm³/mol. The number of carbonyl (C=O) groups excluding carboxylic acids is 2. The molecule has 9 heteroatoms. The Balaban J connectivity index is 1.55. The maximum Gasteiger partial charge on any atom is 0.289 e. The molecule has 3 rings (SSSR count). The van der Waals surface area contributed by atoms with E-state index in [1.807, 2.05) is 6.92 Å². The number of aliphatic imine (C=N–C) groups is 1. The van der Waals surface area contributed by atoms with Gasteiger partial charge in [-0.15, -0.1) is 0 Å². The standard InChI is InChI=1S/C24H28FN5O3/c1-3-30-15-17-11-12-19(24(33)29(2)20(17)14-21(30)31)28-23(32)22(26)27-13-7-6-9-16-8-4-5-10-18(16)25/h4-5,8,10,13-15,19,26H,3,6-7,9,11-12H2,1-2H3,(H,28,32)/t19-/m0/s1. The number of halogens is 1. The van der Waals surface area contributed by atoms with Crippen LogP contribution in [0.3, 0.4) is 0 Å². The number of amidine groups is 1. The number of hydrogen-bond acceptors (Lipinski definition) is 4. The first-order chi connectivity index (χ1) is 15.8. The molecule has 1 aromatic carbocycles. The highest BCUT2D eigenvalue weighted by Gasteiger charge is 2.30. The van der Waals surface area contributed by atoms with Crippen LogP contribution in [0.1, 0.15) is 37.3 Å². The van der Waals surface area contributed by atoms with Gasteiger partial charge >= 0.3 is 0 Å². The first-order valence-electron chi connectivity index (χ1n) is 11.0. The maximum atomic E-state index is 13.6. The lowest BCUT2D eigenvalue weighted by Gasteiger charge is -2.22. The molecular weight excluding hydrogens is 425 g/mol. The second-order valence-corrected chi connectivity index (χ2v) is 7.91. The van der Waals surface area contributed by atoms with Crippen molar-refractivity contribution in [1.29, 1.82) is 5.41 Å². The Morgan fingerprint density at radius 1 is 1.33 bits per heavy atom. The van der Waals surface area contributed by atoms with Gasteiger partial charge in [0.15, 0.2) is 0 Å². The first kappa shape index (κ1) is 24.0. The smallest absolute Gasteiger partial charge is 0.289 e. The molecule has 2 heterocycles. The number of nitrogens with zero attached hydrogens (tertiary/aromatic N) is 3. The monoisotopic (exact) mass is 453 g/mol. The lowest BCUT2D eigenvalue weighted by atomic mass is 10.1. The molecule has 1 aromatic heterocycles. The number of fused-ring (bicyclic) bond motifs is 1.